The number of rotatable bonds is 10. The van der Waals surface area contributed by atoms with E-state index < -0.39 is 5.97 Å². The monoisotopic (exact) mass is 264 g/mol. The van der Waals surface area contributed by atoms with Crippen molar-refractivity contribution in [1.82, 2.24) is 0 Å². The van der Waals surface area contributed by atoms with Crippen LogP contribution in [0.15, 0.2) is 24.3 Å². The van der Waals surface area contributed by atoms with Gasteiger partial charge in [0.15, 0.2) is 0 Å². The Labute approximate surface area is 117 Å². The Balaban J connectivity index is 2.06. The van der Waals surface area contributed by atoms with Crippen LogP contribution in [0.4, 0.5) is 0 Å². The molecule has 1 aliphatic carbocycles. The van der Waals surface area contributed by atoms with Gasteiger partial charge in [0.1, 0.15) is 0 Å². The molecule has 2 unspecified atom stereocenters. The lowest BCUT2D eigenvalue weighted by Crippen LogP contribution is -2.12. The van der Waals surface area contributed by atoms with Crippen LogP contribution >= 0.6 is 0 Å². The van der Waals surface area contributed by atoms with E-state index in [1.165, 1.54) is 38.5 Å². The summed E-state index contributed by atoms with van der Waals surface area (Å²) in [6.45, 7) is 2.26. The van der Waals surface area contributed by atoms with Crippen molar-refractivity contribution in [3.8, 4) is 0 Å². The first-order valence-corrected chi connectivity index (χ1v) is 7.80. The Morgan fingerprint density at radius 1 is 0.947 bits per heavy atom. The third-order valence-electron chi connectivity index (χ3n) is 3.93. The van der Waals surface area contributed by atoms with Crippen LogP contribution in [0.2, 0.25) is 0 Å². The van der Waals surface area contributed by atoms with Crippen LogP contribution in [0.1, 0.15) is 64.7 Å². The van der Waals surface area contributed by atoms with Crippen molar-refractivity contribution in [3.05, 3.63) is 24.3 Å². The van der Waals surface area contributed by atoms with Crippen LogP contribution in [0.5, 0.6) is 0 Å². The van der Waals surface area contributed by atoms with E-state index in [2.05, 4.69) is 31.2 Å². The molecule has 2 heteroatoms. The predicted octanol–water partition coefficient (Wildman–Crippen LogP) is 4.96. The van der Waals surface area contributed by atoms with Crippen LogP contribution in [-0.2, 0) is 4.79 Å². The maximum absolute atomic E-state index is 10.4. The molecule has 0 spiro atoms. The lowest BCUT2D eigenvalue weighted by Gasteiger charge is -2.23. The molecular formula is C17H28O2. The van der Waals surface area contributed by atoms with Gasteiger partial charge >= 0.3 is 5.97 Å². The maximum atomic E-state index is 10.4. The number of allylic oxidation sites excluding steroid dienone is 4. The first-order chi connectivity index (χ1) is 9.24. The minimum Gasteiger partial charge on any atom is -0.481 e. The van der Waals surface area contributed by atoms with Gasteiger partial charge in [0.2, 0.25) is 0 Å². The number of carboxylic acids is 1. The summed E-state index contributed by atoms with van der Waals surface area (Å²) in [6, 6.07) is 0. The highest BCUT2D eigenvalue weighted by atomic mass is 16.4. The molecule has 19 heavy (non-hydrogen) atoms. The number of aliphatic carboxylic acids is 1. The molecule has 108 valence electrons. The number of hydrogen-bond acceptors (Lipinski definition) is 1. The molecule has 1 rings (SSSR count). The molecule has 0 heterocycles. The fourth-order valence-corrected chi connectivity index (χ4v) is 2.84. The van der Waals surface area contributed by atoms with Crippen LogP contribution in [-0.4, -0.2) is 11.1 Å². The molecule has 1 aliphatic rings. The molecule has 0 aromatic heterocycles. The van der Waals surface area contributed by atoms with Crippen LogP contribution in [0.25, 0.3) is 0 Å². The molecule has 0 bridgehead atoms. The van der Waals surface area contributed by atoms with E-state index in [9.17, 15) is 4.79 Å². The van der Waals surface area contributed by atoms with Crippen molar-refractivity contribution >= 4 is 5.97 Å². The van der Waals surface area contributed by atoms with Crippen molar-refractivity contribution in [2.24, 2.45) is 11.8 Å². The van der Waals surface area contributed by atoms with Crippen molar-refractivity contribution < 1.29 is 9.90 Å². The van der Waals surface area contributed by atoms with Gasteiger partial charge in [-0.3, -0.25) is 4.79 Å². The van der Waals surface area contributed by atoms with Crippen LogP contribution < -0.4 is 0 Å². The molecule has 0 saturated heterocycles. The molecular weight excluding hydrogens is 236 g/mol. The second-order valence-electron chi connectivity index (χ2n) is 5.59. The first kappa shape index (κ1) is 16.0. The van der Waals surface area contributed by atoms with E-state index in [0.29, 0.717) is 6.42 Å². The number of carboxylic acid groups (broad SMARTS) is 1. The standard InChI is InChI=1S/C17H28O2/c1-2-10-15-12-8-9-13-16(15)11-6-4-3-5-7-14-17(18)19/h8-9,12-13,15-16H,2-7,10-11,14H2,1H3,(H,18,19). The molecule has 2 atom stereocenters. The zero-order valence-corrected chi connectivity index (χ0v) is 12.2. The fourth-order valence-electron chi connectivity index (χ4n) is 2.84. The largest absolute Gasteiger partial charge is 0.481 e. The van der Waals surface area contributed by atoms with Crippen LogP contribution in [0, 0.1) is 11.8 Å². The summed E-state index contributed by atoms with van der Waals surface area (Å²) in [5.74, 6) is 0.799. The van der Waals surface area contributed by atoms with Gasteiger partial charge in [-0.2, -0.15) is 0 Å². The molecule has 0 fully saturated rings. The summed E-state index contributed by atoms with van der Waals surface area (Å²) in [5.41, 5.74) is 0. The van der Waals surface area contributed by atoms with Gasteiger partial charge in [-0.1, -0.05) is 63.3 Å². The lowest BCUT2D eigenvalue weighted by atomic mass is 9.82. The third kappa shape index (κ3) is 7.19. The maximum Gasteiger partial charge on any atom is 0.303 e. The summed E-state index contributed by atoms with van der Waals surface area (Å²) < 4.78 is 0. The van der Waals surface area contributed by atoms with Gasteiger partial charge < -0.3 is 5.11 Å². The average molecular weight is 264 g/mol. The zero-order chi connectivity index (χ0) is 13.9. The summed E-state index contributed by atoms with van der Waals surface area (Å²) in [4.78, 5) is 10.4. The second-order valence-corrected chi connectivity index (χ2v) is 5.59. The first-order valence-electron chi connectivity index (χ1n) is 7.80. The number of unbranched alkanes of at least 4 members (excludes halogenated alkanes) is 4. The molecule has 0 radical (unpaired) electrons. The molecule has 0 amide bonds. The van der Waals surface area contributed by atoms with Gasteiger partial charge in [0.25, 0.3) is 0 Å². The lowest BCUT2D eigenvalue weighted by molar-refractivity contribution is -0.137. The summed E-state index contributed by atoms with van der Waals surface area (Å²) in [7, 11) is 0. The van der Waals surface area contributed by atoms with E-state index in [1.54, 1.807) is 0 Å². The van der Waals surface area contributed by atoms with Crippen molar-refractivity contribution in [2.75, 3.05) is 0 Å². The van der Waals surface area contributed by atoms with Gasteiger partial charge in [-0.15, -0.1) is 0 Å². The Bertz CT molecular complexity index is 304. The summed E-state index contributed by atoms with van der Waals surface area (Å²) in [6.07, 6.45) is 18.8. The molecule has 0 saturated carbocycles. The Morgan fingerprint density at radius 2 is 1.53 bits per heavy atom. The normalized spacial score (nSPS) is 21.7. The molecule has 0 aromatic rings. The number of carbonyl (C=O) groups is 1. The third-order valence-corrected chi connectivity index (χ3v) is 3.93. The van der Waals surface area contributed by atoms with Crippen molar-refractivity contribution in [3.63, 3.8) is 0 Å². The minimum absolute atomic E-state index is 0.328. The van der Waals surface area contributed by atoms with E-state index >= 15 is 0 Å². The van der Waals surface area contributed by atoms with E-state index in [-0.39, 0.29) is 0 Å². The predicted molar refractivity (Wildman–Crippen MR) is 80.1 cm³/mol. The Kier molecular flexibility index (Phi) is 8.28. The molecule has 1 N–H and O–H groups in total. The van der Waals surface area contributed by atoms with E-state index in [0.717, 1.165) is 24.7 Å². The number of hydrogen-bond donors (Lipinski definition) is 1. The van der Waals surface area contributed by atoms with Gasteiger partial charge in [0, 0.05) is 6.42 Å². The van der Waals surface area contributed by atoms with Crippen molar-refractivity contribution in [2.45, 2.75) is 64.7 Å². The molecule has 2 nitrogen and oxygen atoms in total. The fraction of sp³-hybridized carbons (Fsp3) is 0.706. The van der Waals surface area contributed by atoms with Gasteiger partial charge in [0.05, 0.1) is 0 Å². The summed E-state index contributed by atoms with van der Waals surface area (Å²) >= 11 is 0. The highest BCUT2D eigenvalue weighted by Gasteiger charge is 2.16. The van der Waals surface area contributed by atoms with Crippen LogP contribution in [0.3, 0.4) is 0 Å². The Hall–Kier alpha value is -1.05. The average Bonchev–Trinajstić information content (AvgIpc) is 2.39. The minimum atomic E-state index is -0.665. The van der Waals surface area contributed by atoms with Gasteiger partial charge in [-0.05, 0) is 31.1 Å². The second kappa shape index (κ2) is 9.82. The smallest absolute Gasteiger partial charge is 0.303 e. The molecule has 0 aromatic carbocycles. The van der Waals surface area contributed by atoms with E-state index in [1.807, 2.05) is 0 Å². The molecule has 0 aliphatic heterocycles. The quantitative estimate of drug-likeness (QED) is 0.566. The SMILES string of the molecule is CCCC1C=CC=CC1CCCCCCCC(=O)O. The van der Waals surface area contributed by atoms with Gasteiger partial charge in [-0.25, -0.2) is 0 Å². The van der Waals surface area contributed by atoms with Crippen molar-refractivity contribution in [1.29, 1.82) is 0 Å². The Morgan fingerprint density at radius 3 is 2.16 bits per heavy atom. The highest BCUT2D eigenvalue weighted by Crippen LogP contribution is 2.28. The highest BCUT2D eigenvalue weighted by molar-refractivity contribution is 5.66. The zero-order valence-electron chi connectivity index (χ0n) is 12.2. The van der Waals surface area contributed by atoms with E-state index in [4.69, 9.17) is 5.11 Å². The summed E-state index contributed by atoms with van der Waals surface area (Å²) in [5, 5.41) is 8.55. The topological polar surface area (TPSA) is 37.3 Å².